The number of fused-ring (bicyclic) bond motifs is 1. The Morgan fingerprint density at radius 3 is 2.61 bits per heavy atom. The van der Waals surface area contributed by atoms with E-state index >= 15 is 0 Å². The Balaban J connectivity index is 1.65. The number of hydrogen-bond acceptors (Lipinski definition) is 3. The number of aromatic amines is 1. The summed E-state index contributed by atoms with van der Waals surface area (Å²) in [7, 11) is 1.81. The maximum Gasteiger partial charge on any atom is 0.253 e. The van der Waals surface area contributed by atoms with Crippen molar-refractivity contribution >= 4 is 28.7 Å². The molecule has 0 fully saturated rings. The average Bonchev–Trinajstić information content (AvgIpc) is 3.02. The van der Waals surface area contributed by atoms with Gasteiger partial charge in [-0.1, -0.05) is 36.0 Å². The average molecular weight is 325 g/mol. The molecule has 1 aromatic heterocycles. The van der Waals surface area contributed by atoms with Crippen molar-refractivity contribution in [2.75, 3.05) is 13.6 Å². The monoisotopic (exact) mass is 325 g/mol. The highest BCUT2D eigenvalue weighted by Crippen LogP contribution is 2.23. The highest BCUT2D eigenvalue weighted by Gasteiger charge is 2.09. The van der Waals surface area contributed by atoms with Gasteiger partial charge in [-0.2, -0.15) is 0 Å². The minimum atomic E-state index is 0.0592. The highest BCUT2D eigenvalue weighted by molar-refractivity contribution is 7.98. The first-order valence-electron chi connectivity index (χ1n) is 7.59. The maximum atomic E-state index is 12.1. The Morgan fingerprint density at radius 2 is 1.91 bits per heavy atom. The van der Waals surface area contributed by atoms with Gasteiger partial charge in [0.1, 0.15) is 0 Å². The number of imidazole rings is 1. The lowest BCUT2D eigenvalue weighted by atomic mass is 10.1. The van der Waals surface area contributed by atoms with Crippen LogP contribution in [0.4, 0.5) is 0 Å². The lowest BCUT2D eigenvalue weighted by Crippen LogP contribution is -2.26. The summed E-state index contributed by atoms with van der Waals surface area (Å²) in [5.74, 6) is 0.877. The van der Waals surface area contributed by atoms with Crippen molar-refractivity contribution in [1.82, 2.24) is 14.9 Å². The summed E-state index contributed by atoms with van der Waals surface area (Å²) in [4.78, 5) is 21.6. The maximum absolute atomic E-state index is 12.1. The molecule has 0 saturated carbocycles. The fourth-order valence-electron chi connectivity index (χ4n) is 2.26. The molecule has 3 rings (SSSR count). The van der Waals surface area contributed by atoms with E-state index in [1.165, 1.54) is 5.56 Å². The van der Waals surface area contributed by atoms with Crippen molar-refractivity contribution in [3.05, 3.63) is 59.7 Å². The van der Waals surface area contributed by atoms with E-state index in [9.17, 15) is 4.79 Å². The molecule has 4 nitrogen and oxygen atoms in total. The van der Waals surface area contributed by atoms with E-state index in [1.807, 2.05) is 62.5 Å². The Morgan fingerprint density at radius 1 is 1.17 bits per heavy atom. The first kappa shape index (κ1) is 15.6. The third-order valence-corrected chi connectivity index (χ3v) is 4.71. The summed E-state index contributed by atoms with van der Waals surface area (Å²) < 4.78 is 0. The number of rotatable bonds is 5. The Bertz CT molecular complexity index is 778. The molecule has 1 N–H and O–H groups in total. The van der Waals surface area contributed by atoms with Gasteiger partial charge in [-0.25, -0.2) is 4.98 Å². The van der Waals surface area contributed by atoms with E-state index in [1.54, 1.807) is 16.7 Å². The number of nitrogens with zero attached hydrogens (tertiary/aromatic N) is 2. The summed E-state index contributed by atoms with van der Waals surface area (Å²) in [6.07, 6.45) is 0. The van der Waals surface area contributed by atoms with Crippen LogP contribution in [0.1, 0.15) is 22.8 Å². The molecule has 0 radical (unpaired) electrons. The van der Waals surface area contributed by atoms with Gasteiger partial charge >= 0.3 is 0 Å². The zero-order valence-corrected chi connectivity index (χ0v) is 14.1. The number of nitrogens with one attached hydrogen (secondary N) is 1. The second-order valence-corrected chi connectivity index (χ2v) is 6.33. The molecule has 1 heterocycles. The van der Waals surface area contributed by atoms with Crippen LogP contribution in [0.5, 0.6) is 0 Å². The van der Waals surface area contributed by atoms with E-state index in [4.69, 9.17) is 0 Å². The summed E-state index contributed by atoms with van der Waals surface area (Å²) in [5, 5.41) is 0.914. The molecule has 0 aliphatic carbocycles. The molecule has 0 aliphatic rings. The molecule has 0 aliphatic heterocycles. The molecule has 23 heavy (non-hydrogen) atoms. The molecule has 118 valence electrons. The molecule has 2 aromatic carbocycles. The van der Waals surface area contributed by atoms with Gasteiger partial charge < -0.3 is 9.88 Å². The lowest BCUT2D eigenvalue weighted by Gasteiger charge is -2.14. The van der Waals surface area contributed by atoms with Crippen LogP contribution in [0.2, 0.25) is 0 Å². The molecule has 0 atom stereocenters. The SMILES string of the molecule is CCN(C)C(=O)c1ccc(CSc2nc3ccccc3[nH]2)cc1. The van der Waals surface area contributed by atoms with Crippen LogP contribution >= 0.6 is 11.8 Å². The summed E-state index contributed by atoms with van der Waals surface area (Å²) >= 11 is 1.66. The van der Waals surface area contributed by atoms with E-state index in [0.717, 1.165) is 27.5 Å². The summed E-state index contributed by atoms with van der Waals surface area (Å²) in [5.41, 5.74) is 3.94. The molecule has 3 aromatic rings. The molecule has 0 saturated heterocycles. The van der Waals surface area contributed by atoms with Crippen molar-refractivity contribution < 1.29 is 4.79 Å². The van der Waals surface area contributed by atoms with Crippen LogP contribution in [0.25, 0.3) is 11.0 Å². The van der Waals surface area contributed by atoms with Gasteiger partial charge in [-0.3, -0.25) is 4.79 Å². The standard InChI is InChI=1S/C18H19N3OS/c1-3-21(2)17(22)14-10-8-13(9-11-14)12-23-18-19-15-6-4-5-7-16(15)20-18/h4-11H,3,12H2,1-2H3,(H,19,20). The third-order valence-electron chi connectivity index (χ3n) is 3.77. The van der Waals surface area contributed by atoms with Crippen molar-refractivity contribution in [2.45, 2.75) is 17.8 Å². The number of H-pyrrole nitrogens is 1. The molecule has 0 spiro atoms. The lowest BCUT2D eigenvalue weighted by molar-refractivity contribution is 0.0802. The molecule has 0 bridgehead atoms. The zero-order valence-electron chi connectivity index (χ0n) is 13.2. The van der Waals surface area contributed by atoms with Gasteiger partial charge in [0.15, 0.2) is 5.16 Å². The van der Waals surface area contributed by atoms with Crippen LogP contribution < -0.4 is 0 Å². The number of thioether (sulfide) groups is 1. The number of amides is 1. The Hall–Kier alpha value is -2.27. The predicted molar refractivity (Wildman–Crippen MR) is 94.7 cm³/mol. The van der Waals surface area contributed by atoms with Crippen molar-refractivity contribution in [2.24, 2.45) is 0 Å². The minimum Gasteiger partial charge on any atom is -0.342 e. The van der Waals surface area contributed by atoms with Crippen molar-refractivity contribution in [3.8, 4) is 0 Å². The second-order valence-electron chi connectivity index (χ2n) is 5.36. The fraction of sp³-hybridized carbons (Fsp3) is 0.222. The molecular formula is C18H19N3OS. The first-order chi connectivity index (χ1) is 11.2. The largest absolute Gasteiger partial charge is 0.342 e. The van der Waals surface area contributed by atoms with Gasteiger partial charge in [0, 0.05) is 24.9 Å². The van der Waals surface area contributed by atoms with Gasteiger partial charge in [0.2, 0.25) is 0 Å². The van der Waals surface area contributed by atoms with Crippen molar-refractivity contribution in [3.63, 3.8) is 0 Å². The highest BCUT2D eigenvalue weighted by atomic mass is 32.2. The molecule has 0 unspecified atom stereocenters. The van der Waals surface area contributed by atoms with Gasteiger partial charge in [-0.15, -0.1) is 0 Å². The van der Waals surface area contributed by atoms with Crippen molar-refractivity contribution in [1.29, 1.82) is 0 Å². The second kappa shape index (κ2) is 6.87. The topological polar surface area (TPSA) is 49.0 Å². The van der Waals surface area contributed by atoms with Gasteiger partial charge in [0.25, 0.3) is 5.91 Å². The number of aromatic nitrogens is 2. The first-order valence-corrected chi connectivity index (χ1v) is 8.58. The van der Waals surface area contributed by atoms with Crippen LogP contribution in [0, 0.1) is 0 Å². The molecular weight excluding hydrogens is 306 g/mol. The van der Waals surface area contributed by atoms with Gasteiger partial charge in [-0.05, 0) is 36.8 Å². The number of para-hydroxylation sites is 2. The Labute approximate surface area is 139 Å². The number of carbonyl (C=O) groups excluding carboxylic acids is 1. The molecule has 5 heteroatoms. The molecule has 1 amide bonds. The van der Waals surface area contributed by atoms with E-state index < -0.39 is 0 Å². The zero-order chi connectivity index (χ0) is 16.2. The fourth-order valence-corrected chi connectivity index (χ4v) is 3.10. The van der Waals surface area contributed by atoms with Crippen LogP contribution in [0.15, 0.2) is 53.7 Å². The normalized spacial score (nSPS) is 10.9. The Kier molecular flexibility index (Phi) is 4.67. The predicted octanol–water partition coefficient (Wildman–Crippen LogP) is 3.95. The summed E-state index contributed by atoms with van der Waals surface area (Å²) in [6.45, 7) is 2.68. The smallest absolute Gasteiger partial charge is 0.253 e. The van der Waals surface area contributed by atoms with E-state index in [-0.39, 0.29) is 5.91 Å². The van der Waals surface area contributed by atoms with E-state index in [2.05, 4.69) is 9.97 Å². The summed E-state index contributed by atoms with van der Waals surface area (Å²) in [6, 6.07) is 15.8. The third kappa shape index (κ3) is 3.56. The quantitative estimate of drug-likeness (QED) is 0.723. The number of carbonyl (C=O) groups is 1. The number of benzene rings is 2. The van der Waals surface area contributed by atoms with Gasteiger partial charge in [0.05, 0.1) is 11.0 Å². The minimum absolute atomic E-state index is 0.0592. The van der Waals surface area contributed by atoms with Crippen LogP contribution in [-0.2, 0) is 5.75 Å². The van der Waals surface area contributed by atoms with Crippen LogP contribution in [-0.4, -0.2) is 34.4 Å². The number of hydrogen-bond donors (Lipinski definition) is 1. The van der Waals surface area contributed by atoms with Crippen LogP contribution in [0.3, 0.4) is 0 Å². The van der Waals surface area contributed by atoms with E-state index in [0.29, 0.717) is 6.54 Å².